The van der Waals surface area contributed by atoms with Gasteiger partial charge in [-0.05, 0) is 41.5 Å². The van der Waals surface area contributed by atoms with E-state index in [0.717, 1.165) is 0 Å². The molecule has 5 heteroatoms. The molecule has 0 aliphatic carbocycles. The summed E-state index contributed by atoms with van der Waals surface area (Å²) >= 11 is 0. The van der Waals surface area contributed by atoms with E-state index in [1.54, 1.807) is 41.5 Å². The summed E-state index contributed by atoms with van der Waals surface area (Å²) in [5, 5.41) is 0. The third-order valence-electron chi connectivity index (χ3n) is 1.77. The Bertz CT molecular complexity index is 242. The van der Waals surface area contributed by atoms with E-state index in [0.29, 0.717) is 0 Å². The van der Waals surface area contributed by atoms with Crippen LogP contribution in [0.15, 0.2) is 0 Å². The van der Waals surface area contributed by atoms with Gasteiger partial charge in [-0.2, -0.15) is 0 Å². The first-order chi connectivity index (χ1) is 7.55. The summed E-state index contributed by atoms with van der Waals surface area (Å²) in [6.45, 7) is 10.0. The molecule has 0 aromatic rings. The minimum atomic E-state index is -0.564. The molecule has 100 valence electrons. The molecule has 0 radical (unpaired) electrons. The lowest BCUT2D eigenvalue weighted by molar-refractivity contribution is -0.185. The fraction of sp³-hybridized carbons (Fsp3) is 0.833. The molecule has 0 amide bonds. The average Bonchev–Trinajstić information content (AvgIpc) is 2.13. The Morgan fingerprint density at radius 1 is 0.765 bits per heavy atom. The van der Waals surface area contributed by atoms with E-state index >= 15 is 0 Å². The van der Waals surface area contributed by atoms with Crippen LogP contribution in [0.25, 0.3) is 0 Å². The van der Waals surface area contributed by atoms with Gasteiger partial charge < -0.3 is 14.2 Å². The first kappa shape index (κ1) is 15.9. The van der Waals surface area contributed by atoms with Crippen LogP contribution < -0.4 is 0 Å². The fourth-order valence-corrected chi connectivity index (χ4v) is 0.657. The van der Waals surface area contributed by atoms with Crippen molar-refractivity contribution >= 4 is 11.9 Å². The number of hydrogen-bond donors (Lipinski definition) is 0. The van der Waals surface area contributed by atoms with Crippen LogP contribution in [0.2, 0.25) is 0 Å². The van der Waals surface area contributed by atoms with Gasteiger partial charge in [-0.25, -0.2) is 0 Å². The first-order valence-corrected chi connectivity index (χ1v) is 5.47. The van der Waals surface area contributed by atoms with Gasteiger partial charge in [0, 0.05) is 0 Å². The lowest BCUT2D eigenvalue weighted by Crippen LogP contribution is -2.26. The Kier molecular flexibility index (Phi) is 5.61. The molecule has 0 aromatic heterocycles. The number of carbonyl (C=O) groups excluding carboxylic acids is 2. The molecule has 0 saturated heterocycles. The van der Waals surface area contributed by atoms with Crippen LogP contribution in [0.5, 0.6) is 0 Å². The topological polar surface area (TPSA) is 61.8 Å². The van der Waals surface area contributed by atoms with Gasteiger partial charge in [0.15, 0.2) is 13.6 Å². The van der Waals surface area contributed by atoms with Crippen molar-refractivity contribution in [1.82, 2.24) is 0 Å². The molecule has 17 heavy (non-hydrogen) atoms. The predicted molar refractivity (Wildman–Crippen MR) is 61.9 cm³/mol. The number of hydrogen-bond acceptors (Lipinski definition) is 5. The molecule has 0 rings (SSSR count). The molecule has 5 nitrogen and oxygen atoms in total. The maximum Gasteiger partial charge on any atom is 0.313 e. The molecule has 0 aliphatic heterocycles. The zero-order valence-electron chi connectivity index (χ0n) is 11.5. The van der Waals surface area contributed by atoms with Crippen molar-refractivity contribution in [1.29, 1.82) is 0 Å². The number of rotatable bonds is 4. The van der Waals surface area contributed by atoms with Crippen molar-refractivity contribution in [2.75, 3.05) is 13.6 Å². The Labute approximate surface area is 102 Å². The van der Waals surface area contributed by atoms with Crippen LogP contribution in [-0.2, 0) is 23.8 Å². The third-order valence-corrected chi connectivity index (χ3v) is 1.77. The molecular weight excluding hydrogens is 224 g/mol. The Morgan fingerprint density at radius 3 is 1.29 bits per heavy atom. The van der Waals surface area contributed by atoms with Crippen molar-refractivity contribution < 1.29 is 23.8 Å². The van der Waals surface area contributed by atoms with Crippen LogP contribution in [0.3, 0.4) is 0 Å². The molecule has 0 unspecified atom stereocenters. The molecule has 0 N–H and O–H groups in total. The minimum Gasteiger partial charge on any atom is -0.438 e. The highest BCUT2D eigenvalue weighted by molar-refractivity contribution is 5.75. The summed E-state index contributed by atoms with van der Waals surface area (Å²) in [4.78, 5) is 22.6. The maximum absolute atomic E-state index is 11.3. The van der Waals surface area contributed by atoms with Crippen LogP contribution in [-0.4, -0.2) is 25.5 Å². The Balaban J connectivity index is 3.68. The lowest BCUT2D eigenvalue weighted by atomic mass is 9.98. The molecule has 0 saturated carbocycles. The second-order valence-corrected chi connectivity index (χ2v) is 5.80. The second kappa shape index (κ2) is 6.00. The second-order valence-electron chi connectivity index (χ2n) is 5.80. The van der Waals surface area contributed by atoms with Crippen molar-refractivity contribution in [3.05, 3.63) is 0 Å². The first-order valence-electron chi connectivity index (χ1n) is 5.47. The molecule has 0 aromatic carbocycles. The zero-order valence-corrected chi connectivity index (χ0v) is 11.5. The fourth-order valence-electron chi connectivity index (χ4n) is 0.657. The van der Waals surface area contributed by atoms with E-state index in [9.17, 15) is 9.59 Å². The van der Waals surface area contributed by atoms with E-state index in [1.807, 2.05) is 0 Å². The SMILES string of the molecule is CC(C)(C)C(=O)OCOCOC(=O)C(C)(C)C. The Morgan fingerprint density at radius 2 is 1.06 bits per heavy atom. The highest BCUT2D eigenvalue weighted by Gasteiger charge is 2.24. The predicted octanol–water partition coefficient (Wildman–Crippen LogP) is 2.10. The van der Waals surface area contributed by atoms with Crippen LogP contribution in [0.4, 0.5) is 0 Å². The lowest BCUT2D eigenvalue weighted by Gasteiger charge is -2.18. The molecule has 0 aliphatic rings. The van der Waals surface area contributed by atoms with Gasteiger partial charge in [0.25, 0.3) is 0 Å². The average molecular weight is 246 g/mol. The van der Waals surface area contributed by atoms with Crippen molar-refractivity contribution in [3.8, 4) is 0 Å². The molecule has 0 spiro atoms. The van der Waals surface area contributed by atoms with Gasteiger partial charge in [0.1, 0.15) is 0 Å². The third kappa shape index (κ3) is 6.94. The number of esters is 2. The van der Waals surface area contributed by atoms with Gasteiger partial charge in [-0.15, -0.1) is 0 Å². The van der Waals surface area contributed by atoms with Gasteiger partial charge in [-0.1, -0.05) is 0 Å². The van der Waals surface area contributed by atoms with E-state index in [4.69, 9.17) is 14.2 Å². The van der Waals surface area contributed by atoms with Crippen molar-refractivity contribution in [2.24, 2.45) is 10.8 Å². The van der Waals surface area contributed by atoms with E-state index in [2.05, 4.69) is 0 Å². The van der Waals surface area contributed by atoms with E-state index in [-0.39, 0.29) is 25.5 Å². The summed E-state index contributed by atoms with van der Waals surface area (Å²) in [6.07, 6.45) is 0. The van der Waals surface area contributed by atoms with Crippen LogP contribution >= 0.6 is 0 Å². The summed E-state index contributed by atoms with van der Waals surface area (Å²) in [6, 6.07) is 0. The largest absolute Gasteiger partial charge is 0.438 e. The zero-order chi connectivity index (χ0) is 13.7. The van der Waals surface area contributed by atoms with Crippen LogP contribution in [0, 0.1) is 10.8 Å². The molecule has 0 fully saturated rings. The van der Waals surface area contributed by atoms with Gasteiger partial charge >= 0.3 is 11.9 Å². The highest BCUT2D eigenvalue weighted by Crippen LogP contribution is 2.16. The molecular formula is C12H22O5. The monoisotopic (exact) mass is 246 g/mol. The van der Waals surface area contributed by atoms with Crippen LogP contribution in [0.1, 0.15) is 41.5 Å². The number of carbonyl (C=O) groups is 2. The van der Waals surface area contributed by atoms with E-state index < -0.39 is 10.8 Å². The van der Waals surface area contributed by atoms with Gasteiger partial charge in [0.05, 0.1) is 10.8 Å². The molecule has 0 heterocycles. The standard InChI is InChI=1S/C12H22O5/c1-11(2,3)9(13)16-7-15-8-17-10(14)12(4,5)6/h7-8H2,1-6H3. The smallest absolute Gasteiger partial charge is 0.313 e. The minimum absolute atomic E-state index is 0.215. The summed E-state index contributed by atoms with van der Waals surface area (Å²) in [7, 11) is 0. The normalized spacial score (nSPS) is 12.1. The van der Waals surface area contributed by atoms with Gasteiger partial charge in [0.2, 0.25) is 0 Å². The quantitative estimate of drug-likeness (QED) is 0.432. The maximum atomic E-state index is 11.3. The van der Waals surface area contributed by atoms with E-state index in [1.165, 1.54) is 0 Å². The van der Waals surface area contributed by atoms with Gasteiger partial charge in [-0.3, -0.25) is 9.59 Å². The number of ether oxygens (including phenoxy) is 3. The molecule has 0 bridgehead atoms. The van der Waals surface area contributed by atoms with Crippen molar-refractivity contribution in [3.63, 3.8) is 0 Å². The highest BCUT2D eigenvalue weighted by atomic mass is 16.8. The summed E-state index contributed by atoms with van der Waals surface area (Å²) < 4.78 is 14.5. The molecule has 0 atom stereocenters. The summed E-state index contributed by atoms with van der Waals surface area (Å²) in [5.74, 6) is -0.723. The Hall–Kier alpha value is -1.10. The summed E-state index contributed by atoms with van der Waals surface area (Å²) in [5.41, 5.74) is -1.13. The van der Waals surface area contributed by atoms with Crippen molar-refractivity contribution in [2.45, 2.75) is 41.5 Å².